The number of esters is 2. The van der Waals surface area contributed by atoms with E-state index in [0.717, 1.165) is 10.0 Å². The normalized spacial score (nSPS) is 16.1. The van der Waals surface area contributed by atoms with Crippen LogP contribution in [0.25, 0.3) is 6.08 Å². The van der Waals surface area contributed by atoms with Crippen molar-refractivity contribution in [3.05, 3.63) is 75.4 Å². The quantitative estimate of drug-likeness (QED) is 0.412. The minimum absolute atomic E-state index is 0.0194. The van der Waals surface area contributed by atoms with Crippen molar-refractivity contribution in [2.24, 2.45) is 0 Å². The summed E-state index contributed by atoms with van der Waals surface area (Å²) in [5, 5.41) is 10.5. The zero-order valence-corrected chi connectivity index (χ0v) is 21.5. The summed E-state index contributed by atoms with van der Waals surface area (Å²) in [6.07, 6.45) is 4.71. The van der Waals surface area contributed by atoms with Gasteiger partial charge in [-0.1, -0.05) is 22.0 Å². The van der Waals surface area contributed by atoms with E-state index in [4.69, 9.17) is 23.7 Å². The second-order valence-electron chi connectivity index (χ2n) is 7.89. The van der Waals surface area contributed by atoms with Gasteiger partial charge in [-0.15, -0.1) is 6.58 Å². The number of rotatable bonds is 6. The van der Waals surface area contributed by atoms with E-state index in [-0.39, 0.29) is 36.0 Å². The van der Waals surface area contributed by atoms with Gasteiger partial charge in [0.15, 0.2) is 23.0 Å². The molecule has 10 heteroatoms. The largest absolute Gasteiger partial charge is 0.504 e. The molecule has 4 rings (SSSR count). The molecular formula is C26H24BrNO8. The smallest absolute Gasteiger partial charge is 0.340 e. The lowest BCUT2D eigenvalue weighted by Gasteiger charge is -2.33. The van der Waals surface area contributed by atoms with Crippen molar-refractivity contribution in [1.29, 1.82) is 0 Å². The van der Waals surface area contributed by atoms with Crippen molar-refractivity contribution in [3.63, 3.8) is 0 Å². The number of nitrogens with zero attached hydrogens (tertiary/aromatic N) is 1. The Morgan fingerprint density at radius 3 is 2.42 bits per heavy atom. The average Bonchev–Trinajstić information content (AvgIpc) is 3.32. The Bertz CT molecular complexity index is 1300. The predicted molar refractivity (Wildman–Crippen MR) is 133 cm³/mol. The number of ether oxygens (including phenoxy) is 5. The van der Waals surface area contributed by atoms with Crippen LogP contribution in [-0.4, -0.2) is 50.1 Å². The summed E-state index contributed by atoms with van der Waals surface area (Å²) < 4.78 is 27.0. The number of carbonyl (C=O) groups excluding carboxylic acids is 2. The van der Waals surface area contributed by atoms with Gasteiger partial charge in [0.1, 0.15) is 0 Å². The molecule has 0 saturated carbocycles. The summed E-state index contributed by atoms with van der Waals surface area (Å²) in [6, 6.07) is 6.28. The predicted octanol–water partition coefficient (Wildman–Crippen LogP) is 4.25. The third-order valence-corrected chi connectivity index (χ3v) is 6.61. The van der Waals surface area contributed by atoms with Crippen molar-refractivity contribution in [2.75, 3.05) is 28.1 Å². The Balaban J connectivity index is 1.95. The highest BCUT2D eigenvalue weighted by molar-refractivity contribution is 9.10. The summed E-state index contributed by atoms with van der Waals surface area (Å²) in [5.74, 6) is -0.149. The lowest BCUT2D eigenvalue weighted by molar-refractivity contribution is -0.139. The summed E-state index contributed by atoms with van der Waals surface area (Å²) in [5.41, 5.74) is 1.92. The van der Waals surface area contributed by atoms with Crippen LogP contribution in [0.1, 0.15) is 22.7 Å². The van der Waals surface area contributed by atoms with E-state index < -0.39 is 18.0 Å². The molecule has 0 bridgehead atoms. The molecule has 0 aliphatic carbocycles. The monoisotopic (exact) mass is 557 g/mol. The highest BCUT2D eigenvalue weighted by Gasteiger charge is 2.30. The standard InChI is InChI=1S/C26H24BrNO8/c1-5-20-16-9-22(32-2)21(29)7-14(16)6-17(25(30)33-3)18(26(31)34-4)12-28(20)11-15-8-23-24(10-19(15)27)36-13-35-23/h5-10,12,20,29H,1,11,13H2,2-4H3. The lowest BCUT2D eigenvalue weighted by Crippen LogP contribution is -2.27. The first-order chi connectivity index (χ1) is 17.3. The lowest BCUT2D eigenvalue weighted by atomic mass is 9.92. The maximum Gasteiger partial charge on any atom is 0.340 e. The van der Waals surface area contributed by atoms with Gasteiger partial charge in [-0.2, -0.15) is 0 Å². The molecule has 188 valence electrons. The van der Waals surface area contributed by atoms with Crippen molar-refractivity contribution >= 4 is 33.9 Å². The molecule has 0 saturated heterocycles. The zero-order valence-electron chi connectivity index (χ0n) is 19.9. The molecule has 2 aliphatic rings. The summed E-state index contributed by atoms with van der Waals surface area (Å²) in [4.78, 5) is 27.5. The number of fused-ring (bicyclic) bond motifs is 2. The fraction of sp³-hybridized carbons (Fsp3) is 0.231. The van der Waals surface area contributed by atoms with Crippen LogP contribution >= 0.6 is 15.9 Å². The number of hydrogen-bond donors (Lipinski definition) is 1. The van der Waals surface area contributed by atoms with E-state index in [1.54, 1.807) is 18.3 Å². The van der Waals surface area contributed by atoms with Gasteiger partial charge in [0.2, 0.25) is 6.79 Å². The molecule has 1 atom stereocenters. The van der Waals surface area contributed by atoms with Crippen molar-refractivity contribution in [1.82, 2.24) is 4.90 Å². The molecule has 1 N–H and O–H groups in total. The highest BCUT2D eigenvalue weighted by Crippen LogP contribution is 2.41. The molecule has 0 spiro atoms. The van der Waals surface area contributed by atoms with Gasteiger partial charge in [-0.3, -0.25) is 0 Å². The van der Waals surface area contributed by atoms with Gasteiger partial charge in [0, 0.05) is 17.2 Å². The average molecular weight is 558 g/mol. The molecular weight excluding hydrogens is 534 g/mol. The number of methoxy groups -OCH3 is 3. The SMILES string of the molecule is C=CC1c2cc(OC)c(O)cc2C=C(C(=O)OC)C(C(=O)OC)=CN1Cc1cc2c(cc1Br)OCO2. The highest BCUT2D eigenvalue weighted by atomic mass is 79.9. The molecule has 2 aromatic carbocycles. The van der Waals surface area contributed by atoms with E-state index in [1.165, 1.54) is 33.5 Å². The molecule has 0 radical (unpaired) electrons. The van der Waals surface area contributed by atoms with Crippen LogP contribution in [0, 0.1) is 0 Å². The van der Waals surface area contributed by atoms with E-state index in [2.05, 4.69) is 22.5 Å². The first-order valence-electron chi connectivity index (χ1n) is 10.8. The van der Waals surface area contributed by atoms with Gasteiger partial charge in [-0.25, -0.2) is 9.59 Å². The molecule has 0 fully saturated rings. The number of hydrogen-bond acceptors (Lipinski definition) is 9. The second-order valence-corrected chi connectivity index (χ2v) is 8.74. The van der Waals surface area contributed by atoms with Gasteiger partial charge in [0.25, 0.3) is 0 Å². The third-order valence-electron chi connectivity index (χ3n) is 5.87. The Kier molecular flexibility index (Phi) is 7.25. The molecule has 2 aromatic rings. The van der Waals surface area contributed by atoms with Gasteiger partial charge in [0.05, 0.1) is 38.5 Å². The molecule has 0 amide bonds. The van der Waals surface area contributed by atoms with E-state index in [9.17, 15) is 14.7 Å². The molecule has 0 aromatic heterocycles. The zero-order chi connectivity index (χ0) is 26.0. The number of aromatic hydroxyl groups is 1. The fourth-order valence-electron chi connectivity index (χ4n) is 4.11. The maximum absolute atomic E-state index is 12.8. The molecule has 1 unspecified atom stereocenters. The van der Waals surface area contributed by atoms with Crippen LogP contribution in [0.2, 0.25) is 0 Å². The van der Waals surface area contributed by atoms with Crippen molar-refractivity contribution < 1.29 is 38.4 Å². The van der Waals surface area contributed by atoms with Gasteiger partial charge < -0.3 is 33.7 Å². The molecule has 2 heterocycles. The van der Waals surface area contributed by atoms with Crippen LogP contribution in [-0.2, 0) is 25.6 Å². The van der Waals surface area contributed by atoms with Crippen LogP contribution < -0.4 is 14.2 Å². The fourth-order valence-corrected chi connectivity index (χ4v) is 4.56. The van der Waals surface area contributed by atoms with E-state index in [0.29, 0.717) is 22.6 Å². The summed E-state index contributed by atoms with van der Waals surface area (Å²) in [7, 11) is 3.89. The topological polar surface area (TPSA) is 104 Å². The van der Waals surface area contributed by atoms with Crippen LogP contribution in [0.5, 0.6) is 23.0 Å². The maximum atomic E-state index is 12.8. The minimum Gasteiger partial charge on any atom is -0.504 e. The number of phenols is 1. The number of benzene rings is 2. The number of carbonyl (C=O) groups is 2. The molecule has 36 heavy (non-hydrogen) atoms. The summed E-state index contributed by atoms with van der Waals surface area (Å²) in [6.45, 7) is 4.40. The first kappa shape index (κ1) is 25.2. The Morgan fingerprint density at radius 2 is 1.78 bits per heavy atom. The Morgan fingerprint density at radius 1 is 1.11 bits per heavy atom. The second kappa shape index (κ2) is 10.4. The number of halogens is 1. The molecule has 2 aliphatic heterocycles. The molecule has 9 nitrogen and oxygen atoms in total. The van der Waals surface area contributed by atoms with Crippen LogP contribution in [0.4, 0.5) is 0 Å². The Hall–Kier alpha value is -3.92. The van der Waals surface area contributed by atoms with Crippen LogP contribution in [0.15, 0.2) is 58.7 Å². The first-order valence-corrected chi connectivity index (χ1v) is 11.6. The van der Waals surface area contributed by atoms with Gasteiger partial charge >= 0.3 is 11.9 Å². The van der Waals surface area contributed by atoms with E-state index in [1.807, 2.05) is 17.0 Å². The Labute approximate surface area is 216 Å². The third kappa shape index (κ3) is 4.64. The van der Waals surface area contributed by atoms with Crippen molar-refractivity contribution in [3.8, 4) is 23.0 Å². The minimum atomic E-state index is -0.742. The van der Waals surface area contributed by atoms with Crippen LogP contribution in [0.3, 0.4) is 0 Å². The number of phenolic OH excluding ortho intramolecular Hbond substituents is 1. The van der Waals surface area contributed by atoms with Crippen molar-refractivity contribution in [2.45, 2.75) is 12.6 Å². The van der Waals surface area contributed by atoms with Gasteiger partial charge in [-0.05, 0) is 47.0 Å². The summed E-state index contributed by atoms with van der Waals surface area (Å²) >= 11 is 3.58. The van der Waals surface area contributed by atoms with E-state index >= 15 is 0 Å².